The van der Waals surface area contributed by atoms with Gasteiger partial charge in [-0.25, -0.2) is 14.8 Å². The summed E-state index contributed by atoms with van der Waals surface area (Å²) in [6.07, 6.45) is 3.48. The third kappa shape index (κ3) is 5.69. The predicted octanol–water partition coefficient (Wildman–Crippen LogP) is 4.14. The van der Waals surface area contributed by atoms with Gasteiger partial charge < -0.3 is 30.3 Å². The minimum atomic E-state index is -0.833. The molecule has 1 saturated heterocycles. The molecule has 0 amide bonds. The Kier molecular flexibility index (Phi) is 7.56. The maximum absolute atomic E-state index is 11.7. The number of rotatable bonds is 6. The van der Waals surface area contributed by atoms with E-state index in [0.29, 0.717) is 33.2 Å². The van der Waals surface area contributed by atoms with Gasteiger partial charge in [-0.2, -0.15) is 4.98 Å². The number of carbonyl (C=O) groups excluding carboxylic acids is 1. The lowest BCUT2D eigenvalue weighted by Crippen LogP contribution is -2.43. The van der Waals surface area contributed by atoms with E-state index in [1.807, 2.05) is 0 Å². The molecule has 3 heterocycles. The van der Waals surface area contributed by atoms with Crippen molar-refractivity contribution < 1.29 is 14.3 Å². The van der Waals surface area contributed by atoms with Crippen molar-refractivity contribution in [1.82, 2.24) is 20.3 Å². The number of methoxy groups -OCH3 is 1. The molecule has 4 rings (SSSR count). The summed E-state index contributed by atoms with van der Waals surface area (Å²) in [6, 6.07) is 1.94. The summed E-state index contributed by atoms with van der Waals surface area (Å²) in [7, 11) is 1.25. The first-order valence-electron chi connectivity index (χ1n) is 10.9. The minimum absolute atomic E-state index is 0.234. The van der Waals surface area contributed by atoms with Crippen molar-refractivity contribution in [2.24, 2.45) is 0 Å². The fourth-order valence-electron chi connectivity index (χ4n) is 4.05. The Balaban J connectivity index is 1.60. The van der Waals surface area contributed by atoms with E-state index >= 15 is 0 Å². The van der Waals surface area contributed by atoms with E-state index in [0.717, 1.165) is 51.9 Å². The minimum Gasteiger partial charge on any atom is -0.437 e. The maximum atomic E-state index is 11.7. The third-order valence-electron chi connectivity index (χ3n) is 5.66. The Bertz CT molecular complexity index is 989. The second kappa shape index (κ2) is 10.6. The standard InChI is InChI=1S/C21H27Cl2N7O3/c1-12-17(33-21(31)32-2)19(26-13-5-3-4-6-13)29-20(25-12)28-15-11-14(22)16(18(23)27-15)30-9-7-24-8-10-30/h11,13,24H,3-10H2,1-2H3,(H2,25,26,27,28,29). The number of pyridine rings is 1. The predicted molar refractivity (Wildman–Crippen MR) is 128 cm³/mol. The molecule has 2 aromatic rings. The number of hydrogen-bond acceptors (Lipinski definition) is 10. The number of hydrogen-bond donors (Lipinski definition) is 3. The van der Waals surface area contributed by atoms with Crippen molar-refractivity contribution in [3.63, 3.8) is 0 Å². The van der Waals surface area contributed by atoms with Gasteiger partial charge >= 0.3 is 6.16 Å². The van der Waals surface area contributed by atoms with Crippen molar-refractivity contribution >= 4 is 52.6 Å². The van der Waals surface area contributed by atoms with Gasteiger partial charge in [0.1, 0.15) is 5.82 Å². The lowest BCUT2D eigenvalue weighted by Gasteiger charge is -2.30. The van der Waals surface area contributed by atoms with Crippen molar-refractivity contribution in [2.45, 2.75) is 38.6 Å². The van der Waals surface area contributed by atoms with Crippen LogP contribution in [0.2, 0.25) is 10.2 Å². The van der Waals surface area contributed by atoms with Gasteiger partial charge in [0, 0.05) is 38.3 Å². The Morgan fingerprint density at radius 2 is 1.91 bits per heavy atom. The first kappa shape index (κ1) is 23.6. The fourth-order valence-corrected chi connectivity index (χ4v) is 4.73. The van der Waals surface area contributed by atoms with Crippen LogP contribution < -0.4 is 25.6 Å². The molecule has 0 atom stereocenters. The van der Waals surface area contributed by atoms with Gasteiger partial charge in [0.25, 0.3) is 0 Å². The molecule has 2 aliphatic rings. The molecule has 1 saturated carbocycles. The molecule has 33 heavy (non-hydrogen) atoms. The molecule has 178 valence electrons. The Morgan fingerprint density at radius 1 is 1.18 bits per heavy atom. The van der Waals surface area contributed by atoms with Gasteiger partial charge in [-0.3, -0.25) is 0 Å². The van der Waals surface area contributed by atoms with Gasteiger partial charge in [0.15, 0.2) is 16.7 Å². The van der Waals surface area contributed by atoms with Crippen molar-refractivity contribution in [2.75, 3.05) is 48.8 Å². The zero-order chi connectivity index (χ0) is 23.4. The highest BCUT2D eigenvalue weighted by Crippen LogP contribution is 2.36. The Morgan fingerprint density at radius 3 is 2.58 bits per heavy atom. The number of anilines is 4. The van der Waals surface area contributed by atoms with Gasteiger partial charge in [0.2, 0.25) is 5.95 Å². The summed E-state index contributed by atoms with van der Waals surface area (Å²) in [6.45, 7) is 5.04. The quantitative estimate of drug-likeness (QED) is 0.398. The first-order valence-corrected chi connectivity index (χ1v) is 11.7. The lowest BCUT2D eigenvalue weighted by molar-refractivity contribution is 0.121. The SMILES string of the molecule is COC(=O)Oc1c(C)nc(Nc2cc(Cl)c(N3CCNCC3)c(Cl)n2)nc1NC1CCCC1. The number of halogens is 2. The van der Waals surface area contributed by atoms with Crippen LogP contribution in [0.4, 0.5) is 28.1 Å². The van der Waals surface area contributed by atoms with E-state index in [1.165, 1.54) is 7.11 Å². The number of ether oxygens (including phenoxy) is 2. The van der Waals surface area contributed by atoms with Crippen LogP contribution in [0.5, 0.6) is 5.75 Å². The summed E-state index contributed by atoms with van der Waals surface area (Å²) in [5, 5.41) is 10.5. The van der Waals surface area contributed by atoms with Crippen LogP contribution in [-0.2, 0) is 4.74 Å². The number of aromatic nitrogens is 3. The highest BCUT2D eigenvalue weighted by atomic mass is 35.5. The van der Waals surface area contributed by atoms with E-state index in [1.54, 1.807) is 13.0 Å². The molecule has 0 unspecified atom stereocenters. The zero-order valence-corrected chi connectivity index (χ0v) is 20.1. The topological polar surface area (TPSA) is 114 Å². The molecule has 0 aromatic carbocycles. The molecule has 3 N–H and O–H groups in total. The largest absolute Gasteiger partial charge is 0.513 e. The number of nitrogens with zero attached hydrogens (tertiary/aromatic N) is 4. The molecule has 10 nitrogen and oxygen atoms in total. The van der Waals surface area contributed by atoms with Crippen LogP contribution in [0.1, 0.15) is 31.4 Å². The van der Waals surface area contributed by atoms with Crippen molar-refractivity contribution in [1.29, 1.82) is 0 Å². The van der Waals surface area contributed by atoms with Crippen LogP contribution in [0.25, 0.3) is 0 Å². The molecule has 1 aliphatic carbocycles. The maximum Gasteiger partial charge on any atom is 0.513 e. The molecule has 0 spiro atoms. The number of nitrogens with one attached hydrogen (secondary N) is 3. The molecule has 0 radical (unpaired) electrons. The zero-order valence-electron chi connectivity index (χ0n) is 18.6. The van der Waals surface area contributed by atoms with E-state index in [2.05, 4.69) is 40.5 Å². The molecular weight excluding hydrogens is 469 g/mol. The van der Waals surface area contributed by atoms with Gasteiger partial charge in [-0.1, -0.05) is 36.0 Å². The van der Waals surface area contributed by atoms with Crippen molar-refractivity contribution in [3.8, 4) is 5.75 Å². The molecular formula is C21H27Cl2N7O3. The van der Waals surface area contributed by atoms with Crippen molar-refractivity contribution in [3.05, 3.63) is 21.9 Å². The summed E-state index contributed by atoms with van der Waals surface area (Å²) in [5.74, 6) is 1.34. The van der Waals surface area contributed by atoms with Crippen LogP contribution in [0.3, 0.4) is 0 Å². The Labute approximate surface area is 202 Å². The van der Waals surface area contributed by atoms with E-state index < -0.39 is 6.16 Å². The molecule has 12 heteroatoms. The average molecular weight is 496 g/mol. The highest BCUT2D eigenvalue weighted by molar-refractivity contribution is 6.38. The normalized spacial score (nSPS) is 16.5. The van der Waals surface area contributed by atoms with Crippen LogP contribution >= 0.6 is 23.2 Å². The third-order valence-corrected chi connectivity index (χ3v) is 6.21. The van der Waals surface area contributed by atoms with E-state index in [4.69, 9.17) is 27.9 Å². The van der Waals surface area contributed by atoms with Gasteiger partial charge in [-0.05, 0) is 19.8 Å². The second-order valence-corrected chi connectivity index (χ2v) is 8.75. The summed E-state index contributed by atoms with van der Waals surface area (Å²) in [4.78, 5) is 27.3. The second-order valence-electron chi connectivity index (χ2n) is 7.98. The van der Waals surface area contributed by atoms with Crippen LogP contribution in [0, 0.1) is 6.92 Å². The molecule has 2 fully saturated rings. The number of carbonyl (C=O) groups is 1. The highest BCUT2D eigenvalue weighted by Gasteiger charge is 2.23. The average Bonchev–Trinajstić information content (AvgIpc) is 3.29. The van der Waals surface area contributed by atoms with Crippen LogP contribution in [-0.4, -0.2) is 60.4 Å². The summed E-state index contributed by atoms with van der Waals surface area (Å²) in [5.41, 5.74) is 1.18. The fraction of sp³-hybridized carbons (Fsp3) is 0.524. The summed E-state index contributed by atoms with van der Waals surface area (Å²) < 4.78 is 9.96. The first-order chi connectivity index (χ1) is 15.9. The van der Waals surface area contributed by atoms with E-state index in [-0.39, 0.29) is 17.7 Å². The van der Waals surface area contributed by atoms with Gasteiger partial charge in [-0.15, -0.1) is 0 Å². The summed E-state index contributed by atoms with van der Waals surface area (Å²) >= 11 is 13.0. The van der Waals surface area contributed by atoms with Gasteiger partial charge in [0.05, 0.1) is 23.5 Å². The monoisotopic (exact) mass is 495 g/mol. The molecule has 2 aromatic heterocycles. The molecule has 0 bridgehead atoms. The lowest BCUT2D eigenvalue weighted by atomic mass is 10.2. The number of aryl methyl sites for hydroxylation is 1. The van der Waals surface area contributed by atoms with Crippen LogP contribution in [0.15, 0.2) is 6.07 Å². The smallest absolute Gasteiger partial charge is 0.437 e. The molecule has 1 aliphatic heterocycles. The number of piperazine rings is 1. The van der Waals surface area contributed by atoms with E-state index in [9.17, 15) is 4.79 Å². The Hall–Kier alpha value is -2.56.